The molecule has 2 aromatic carbocycles. The van der Waals surface area contributed by atoms with Crippen LogP contribution in [-0.2, 0) is 4.79 Å². The molecule has 3 aromatic rings. The van der Waals surface area contributed by atoms with E-state index in [2.05, 4.69) is 20.8 Å². The van der Waals surface area contributed by atoms with E-state index >= 15 is 0 Å². The summed E-state index contributed by atoms with van der Waals surface area (Å²) in [6.07, 6.45) is 4.59. The van der Waals surface area contributed by atoms with Crippen molar-refractivity contribution in [2.45, 2.75) is 36.9 Å². The molecule has 0 aliphatic heterocycles. The lowest BCUT2D eigenvalue weighted by molar-refractivity contribution is -0.113. The van der Waals surface area contributed by atoms with Crippen molar-refractivity contribution in [3.05, 3.63) is 54.6 Å². The third kappa shape index (κ3) is 4.51. The number of carbonyl (C=O) groups excluding carboxylic acids is 1. The maximum absolute atomic E-state index is 12.5. The van der Waals surface area contributed by atoms with Gasteiger partial charge in [-0.15, -0.1) is 5.10 Å². The molecule has 1 amide bonds. The highest BCUT2D eigenvalue weighted by Gasteiger charge is 2.22. The molecular formula is C20H21N5O2S. The molecule has 0 spiro atoms. The van der Waals surface area contributed by atoms with Crippen LogP contribution in [0.5, 0.6) is 11.5 Å². The molecule has 4 rings (SSSR count). The quantitative estimate of drug-likeness (QED) is 0.600. The summed E-state index contributed by atoms with van der Waals surface area (Å²) in [5.41, 5.74) is 0.632. The van der Waals surface area contributed by atoms with Crippen molar-refractivity contribution in [2.24, 2.45) is 0 Å². The summed E-state index contributed by atoms with van der Waals surface area (Å²) in [6.45, 7) is 0. The molecule has 8 heteroatoms. The van der Waals surface area contributed by atoms with Crippen LogP contribution in [0.2, 0.25) is 0 Å². The number of thioether (sulfide) groups is 1. The van der Waals surface area contributed by atoms with Crippen molar-refractivity contribution >= 4 is 23.4 Å². The predicted octanol–water partition coefficient (Wildman–Crippen LogP) is 4.31. The second-order valence-corrected chi connectivity index (χ2v) is 7.53. The van der Waals surface area contributed by atoms with Gasteiger partial charge in [-0.1, -0.05) is 54.9 Å². The summed E-state index contributed by atoms with van der Waals surface area (Å²) in [7, 11) is 0. The summed E-state index contributed by atoms with van der Waals surface area (Å²) in [4.78, 5) is 12.5. The lowest BCUT2D eigenvalue weighted by atomic mass is 10.3. The van der Waals surface area contributed by atoms with E-state index in [1.807, 2.05) is 59.3 Å². The van der Waals surface area contributed by atoms with Crippen molar-refractivity contribution in [3.63, 3.8) is 0 Å². The Morgan fingerprint density at radius 1 is 1.11 bits per heavy atom. The Hall–Kier alpha value is -2.87. The molecule has 28 heavy (non-hydrogen) atoms. The lowest BCUT2D eigenvalue weighted by Gasteiger charge is -2.13. The monoisotopic (exact) mass is 395 g/mol. The highest BCUT2D eigenvalue weighted by molar-refractivity contribution is 7.99. The first-order valence-corrected chi connectivity index (χ1v) is 10.3. The van der Waals surface area contributed by atoms with E-state index in [1.54, 1.807) is 0 Å². The zero-order valence-electron chi connectivity index (χ0n) is 15.3. The van der Waals surface area contributed by atoms with Crippen molar-refractivity contribution in [3.8, 4) is 11.5 Å². The van der Waals surface area contributed by atoms with Crippen LogP contribution in [0.15, 0.2) is 59.8 Å². The largest absolute Gasteiger partial charge is 0.455 e. The van der Waals surface area contributed by atoms with Crippen LogP contribution in [0.1, 0.15) is 31.7 Å². The Morgan fingerprint density at radius 2 is 1.86 bits per heavy atom. The van der Waals surface area contributed by atoms with E-state index in [9.17, 15) is 4.79 Å². The first-order valence-electron chi connectivity index (χ1n) is 9.32. The van der Waals surface area contributed by atoms with Crippen LogP contribution >= 0.6 is 11.8 Å². The number of anilines is 1. The average molecular weight is 395 g/mol. The number of tetrazole rings is 1. The van der Waals surface area contributed by atoms with Gasteiger partial charge in [-0.05, 0) is 47.5 Å². The van der Waals surface area contributed by atoms with Gasteiger partial charge in [0.2, 0.25) is 11.1 Å². The van der Waals surface area contributed by atoms with Crippen LogP contribution < -0.4 is 10.1 Å². The standard InChI is InChI=1S/C20H21N5O2S/c26-19(14-28-20-22-23-24-25(20)15-8-4-5-9-15)21-17-12-6-7-13-18(17)27-16-10-2-1-3-11-16/h1-3,6-7,10-13,15H,4-5,8-9,14H2,(H,21,26). The minimum absolute atomic E-state index is 0.130. The van der Waals surface area contributed by atoms with Crippen molar-refractivity contribution in [1.82, 2.24) is 20.2 Å². The third-order valence-electron chi connectivity index (χ3n) is 4.60. The minimum atomic E-state index is -0.130. The van der Waals surface area contributed by atoms with E-state index in [4.69, 9.17) is 4.74 Å². The molecule has 1 N–H and O–H groups in total. The predicted molar refractivity (Wildman–Crippen MR) is 108 cm³/mol. The normalized spacial score (nSPS) is 14.1. The van der Waals surface area contributed by atoms with E-state index in [0.717, 1.165) is 12.8 Å². The summed E-state index contributed by atoms with van der Waals surface area (Å²) in [6, 6.07) is 17.2. The summed E-state index contributed by atoms with van der Waals surface area (Å²) in [5, 5.41) is 15.6. The number of nitrogens with zero attached hydrogens (tertiary/aromatic N) is 4. The molecule has 1 aromatic heterocycles. The number of para-hydroxylation sites is 3. The van der Waals surface area contributed by atoms with Crippen LogP contribution in [0.4, 0.5) is 5.69 Å². The smallest absolute Gasteiger partial charge is 0.234 e. The molecule has 1 heterocycles. The van der Waals surface area contributed by atoms with Crippen molar-refractivity contribution in [1.29, 1.82) is 0 Å². The van der Waals surface area contributed by atoms with E-state index in [0.29, 0.717) is 28.4 Å². The molecule has 0 bridgehead atoms. The maximum Gasteiger partial charge on any atom is 0.234 e. The molecule has 1 fully saturated rings. The Morgan fingerprint density at radius 3 is 2.68 bits per heavy atom. The highest BCUT2D eigenvalue weighted by Crippen LogP contribution is 2.32. The molecule has 0 radical (unpaired) electrons. The van der Waals surface area contributed by atoms with Gasteiger partial charge in [0.1, 0.15) is 5.75 Å². The molecule has 7 nitrogen and oxygen atoms in total. The zero-order chi connectivity index (χ0) is 19.2. The molecule has 0 unspecified atom stereocenters. The van der Waals surface area contributed by atoms with Gasteiger partial charge < -0.3 is 10.1 Å². The molecule has 1 aliphatic rings. The van der Waals surface area contributed by atoms with Gasteiger partial charge in [-0.25, -0.2) is 4.68 Å². The van der Waals surface area contributed by atoms with E-state index in [-0.39, 0.29) is 11.7 Å². The summed E-state index contributed by atoms with van der Waals surface area (Å²) in [5.74, 6) is 1.42. The molecule has 0 atom stereocenters. The second-order valence-electron chi connectivity index (χ2n) is 6.59. The SMILES string of the molecule is O=C(CSc1nnnn1C1CCCC1)Nc1ccccc1Oc1ccccc1. The first kappa shape index (κ1) is 18.5. The topological polar surface area (TPSA) is 81.9 Å². The highest BCUT2D eigenvalue weighted by atomic mass is 32.2. The fourth-order valence-corrected chi connectivity index (χ4v) is 3.99. The van der Waals surface area contributed by atoms with Crippen LogP contribution in [0.25, 0.3) is 0 Å². The van der Waals surface area contributed by atoms with Crippen molar-refractivity contribution < 1.29 is 9.53 Å². The van der Waals surface area contributed by atoms with Crippen LogP contribution in [-0.4, -0.2) is 31.9 Å². The molecule has 0 saturated heterocycles. The second kappa shape index (κ2) is 8.88. The summed E-state index contributed by atoms with van der Waals surface area (Å²) < 4.78 is 7.75. The number of aromatic nitrogens is 4. The number of rotatable bonds is 7. The van der Waals surface area contributed by atoms with Gasteiger partial charge in [0, 0.05) is 0 Å². The number of carbonyl (C=O) groups is 1. The Balaban J connectivity index is 1.38. The van der Waals surface area contributed by atoms with Gasteiger partial charge >= 0.3 is 0 Å². The third-order valence-corrected chi connectivity index (χ3v) is 5.53. The fraction of sp³-hybridized carbons (Fsp3) is 0.300. The number of hydrogen-bond acceptors (Lipinski definition) is 6. The maximum atomic E-state index is 12.5. The zero-order valence-corrected chi connectivity index (χ0v) is 16.1. The first-order chi connectivity index (χ1) is 13.8. The Kier molecular flexibility index (Phi) is 5.86. The van der Waals surface area contributed by atoms with Crippen LogP contribution in [0, 0.1) is 0 Å². The van der Waals surface area contributed by atoms with E-state index < -0.39 is 0 Å². The minimum Gasteiger partial charge on any atom is -0.455 e. The average Bonchev–Trinajstić information content (AvgIpc) is 3.40. The number of hydrogen-bond donors (Lipinski definition) is 1. The number of benzene rings is 2. The number of nitrogens with one attached hydrogen (secondary N) is 1. The van der Waals surface area contributed by atoms with Crippen molar-refractivity contribution in [2.75, 3.05) is 11.1 Å². The van der Waals surface area contributed by atoms with E-state index in [1.165, 1.54) is 24.6 Å². The van der Waals surface area contributed by atoms with Gasteiger partial charge in [-0.3, -0.25) is 4.79 Å². The van der Waals surface area contributed by atoms with Gasteiger partial charge in [0.05, 0.1) is 17.5 Å². The molecular weight excluding hydrogens is 374 g/mol. The molecule has 144 valence electrons. The Labute approximate surface area is 167 Å². The fourth-order valence-electron chi connectivity index (χ4n) is 3.25. The molecule has 1 aliphatic carbocycles. The summed E-state index contributed by atoms with van der Waals surface area (Å²) >= 11 is 1.35. The number of ether oxygens (including phenoxy) is 1. The van der Waals surface area contributed by atoms with Crippen LogP contribution in [0.3, 0.4) is 0 Å². The van der Waals surface area contributed by atoms with Gasteiger partial charge in [0.25, 0.3) is 0 Å². The lowest BCUT2D eigenvalue weighted by Crippen LogP contribution is -2.16. The van der Waals surface area contributed by atoms with Gasteiger partial charge in [0.15, 0.2) is 5.75 Å². The number of amides is 1. The molecule has 1 saturated carbocycles. The Bertz CT molecular complexity index is 925. The van der Waals surface area contributed by atoms with Gasteiger partial charge in [-0.2, -0.15) is 0 Å².